The van der Waals surface area contributed by atoms with E-state index in [9.17, 15) is 0 Å². The topological polar surface area (TPSA) is 54.9 Å². The van der Waals surface area contributed by atoms with Gasteiger partial charge in [-0.15, -0.1) is 0 Å². The second kappa shape index (κ2) is 7.62. The summed E-state index contributed by atoms with van der Waals surface area (Å²) in [5.41, 5.74) is 0.943. The van der Waals surface area contributed by atoms with Gasteiger partial charge >= 0.3 is 0 Å². The first-order chi connectivity index (χ1) is 9.83. The van der Waals surface area contributed by atoms with Gasteiger partial charge < -0.3 is 20.1 Å². The van der Waals surface area contributed by atoms with Crippen LogP contribution >= 0.6 is 0 Å². The largest absolute Gasteiger partial charge is 0.490 e. The number of hydrogen-bond donors (Lipinski definition) is 2. The quantitative estimate of drug-likeness (QED) is 0.505. The first-order valence-electron chi connectivity index (χ1n) is 7.21. The summed E-state index contributed by atoms with van der Waals surface area (Å²) in [5, 5.41) is 6.54. The van der Waals surface area contributed by atoms with Crippen LogP contribution < -0.4 is 20.1 Å². The second-order valence-electron chi connectivity index (χ2n) is 4.69. The van der Waals surface area contributed by atoms with Gasteiger partial charge in [0.05, 0.1) is 13.2 Å². The van der Waals surface area contributed by atoms with Gasteiger partial charge in [0, 0.05) is 31.8 Å². The van der Waals surface area contributed by atoms with Crippen LogP contribution in [-0.2, 0) is 0 Å². The van der Waals surface area contributed by atoms with E-state index >= 15 is 0 Å². The normalized spacial score (nSPS) is 14.6. The minimum atomic E-state index is 0.694. The van der Waals surface area contributed by atoms with Crippen LogP contribution in [0.3, 0.4) is 0 Å². The zero-order chi connectivity index (χ0) is 14.2. The van der Waals surface area contributed by atoms with Crippen molar-refractivity contribution >= 4 is 11.6 Å². The molecule has 0 fully saturated rings. The minimum absolute atomic E-state index is 0.694. The monoisotopic (exact) mass is 277 g/mol. The molecule has 0 saturated carbocycles. The third kappa shape index (κ3) is 4.05. The van der Waals surface area contributed by atoms with Crippen molar-refractivity contribution in [1.82, 2.24) is 5.32 Å². The maximum atomic E-state index is 5.68. The average molecular weight is 277 g/mol. The standard InChI is InChI=1S/C15H23N3O2/c1-3-4-8-17-15(16-2)18-12-6-7-13-14(11-12)20-10-5-9-19-13/h6-7,11H,3-5,8-10H2,1-2H3,(H2,16,17,18). The number of nitrogens with zero attached hydrogens (tertiary/aromatic N) is 1. The van der Waals surface area contributed by atoms with E-state index in [2.05, 4.69) is 22.5 Å². The lowest BCUT2D eigenvalue weighted by molar-refractivity contribution is 0.297. The molecule has 0 aliphatic carbocycles. The zero-order valence-electron chi connectivity index (χ0n) is 12.2. The summed E-state index contributed by atoms with van der Waals surface area (Å²) in [6.45, 7) is 4.49. The lowest BCUT2D eigenvalue weighted by Gasteiger charge is -2.13. The number of hydrogen-bond acceptors (Lipinski definition) is 3. The number of anilines is 1. The molecule has 2 N–H and O–H groups in total. The molecule has 5 nitrogen and oxygen atoms in total. The van der Waals surface area contributed by atoms with Crippen molar-refractivity contribution < 1.29 is 9.47 Å². The number of unbranched alkanes of at least 4 members (excludes halogenated alkanes) is 1. The van der Waals surface area contributed by atoms with Gasteiger partial charge in [-0.1, -0.05) is 13.3 Å². The van der Waals surface area contributed by atoms with Crippen molar-refractivity contribution in [3.8, 4) is 11.5 Å². The smallest absolute Gasteiger partial charge is 0.195 e. The average Bonchev–Trinajstić information content (AvgIpc) is 2.71. The van der Waals surface area contributed by atoms with E-state index in [-0.39, 0.29) is 0 Å². The molecule has 0 atom stereocenters. The van der Waals surface area contributed by atoms with Crippen molar-refractivity contribution in [3.63, 3.8) is 0 Å². The Hall–Kier alpha value is -1.91. The van der Waals surface area contributed by atoms with E-state index in [4.69, 9.17) is 9.47 Å². The van der Waals surface area contributed by atoms with E-state index in [0.29, 0.717) is 13.2 Å². The van der Waals surface area contributed by atoms with E-state index in [1.54, 1.807) is 7.05 Å². The third-order valence-corrected chi connectivity index (χ3v) is 3.06. The number of rotatable bonds is 4. The molecule has 0 bridgehead atoms. The number of benzene rings is 1. The first-order valence-corrected chi connectivity index (χ1v) is 7.21. The van der Waals surface area contributed by atoms with Crippen molar-refractivity contribution in [2.75, 3.05) is 32.1 Å². The van der Waals surface area contributed by atoms with E-state index in [0.717, 1.165) is 49.0 Å². The van der Waals surface area contributed by atoms with E-state index in [1.165, 1.54) is 0 Å². The molecule has 2 rings (SSSR count). The number of guanidine groups is 1. The highest BCUT2D eigenvalue weighted by Crippen LogP contribution is 2.32. The van der Waals surface area contributed by atoms with Crippen LogP contribution in [0.4, 0.5) is 5.69 Å². The minimum Gasteiger partial charge on any atom is -0.490 e. The number of nitrogens with one attached hydrogen (secondary N) is 2. The fraction of sp³-hybridized carbons (Fsp3) is 0.533. The Morgan fingerprint density at radius 1 is 1.25 bits per heavy atom. The Bertz CT molecular complexity index is 460. The van der Waals surface area contributed by atoms with Gasteiger partial charge in [-0.3, -0.25) is 4.99 Å². The maximum absolute atomic E-state index is 5.68. The molecule has 1 aliphatic rings. The highest BCUT2D eigenvalue weighted by molar-refractivity contribution is 5.93. The molecule has 0 saturated heterocycles. The van der Waals surface area contributed by atoms with Crippen molar-refractivity contribution in [1.29, 1.82) is 0 Å². The van der Waals surface area contributed by atoms with Gasteiger partial charge in [0.15, 0.2) is 17.5 Å². The molecule has 0 amide bonds. The van der Waals surface area contributed by atoms with Crippen LogP contribution in [-0.4, -0.2) is 32.8 Å². The van der Waals surface area contributed by atoms with Crippen LogP contribution in [0.2, 0.25) is 0 Å². The molecule has 1 aromatic carbocycles. The number of fused-ring (bicyclic) bond motifs is 1. The molecule has 1 heterocycles. The first kappa shape index (κ1) is 14.5. The Labute approximate surface area is 120 Å². The summed E-state index contributed by atoms with van der Waals surface area (Å²) in [5.74, 6) is 2.37. The van der Waals surface area contributed by atoms with E-state index < -0.39 is 0 Å². The summed E-state index contributed by atoms with van der Waals surface area (Å²) in [6.07, 6.45) is 3.20. The van der Waals surface area contributed by atoms with Gasteiger partial charge in [0.2, 0.25) is 0 Å². The van der Waals surface area contributed by atoms with Crippen molar-refractivity contribution in [2.45, 2.75) is 26.2 Å². The number of ether oxygens (including phenoxy) is 2. The van der Waals surface area contributed by atoms with Crippen LogP contribution in [0.25, 0.3) is 0 Å². The molecular weight excluding hydrogens is 254 g/mol. The predicted octanol–water partition coefficient (Wildman–Crippen LogP) is 2.64. The summed E-state index contributed by atoms with van der Waals surface area (Å²) in [7, 11) is 1.77. The summed E-state index contributed by atoms with van der Waals surface area (Å²) < 4.78 is 11.3. The van der Waals surface area contributed by atoms with Gasteiger partial charge in [-0.25, -0.2) is 0 Å². The Morgan fingerprint density at radius 3 is 2.80 bits per heavy atom. The summed E-state index contributed by atoms with van der Waals surface area (Å²) in [6, 6.07) is 5.86. The maximum Gasteiger partial charge on any atom is 0.195 e. The molecule has 1 aromatic rings. The van der Waals surface area contributed by atoms with Crippen LogP contribution in [0.1, 0.15) is 26.2 Å². The molecule has 20 heavy (non-hydrogen) atoms. The van der Waals surface area contributed by atoms with Gasteiger partial charge in [0.1, 0.15) is 0 Å². The highest BCUT2D eigenvalue weighted by Gasteiger charge is 2.11. The second-order valence-corrected chi connectivity index (χ2v) is 4.69. The van der Waals surface area contributed by atoms with Crippen molar-refractivity contribution in [2.24, 2.45) is 4.99 Å². The molecule has 5 heteroatoms. The third-order valence-electron chi connectivity index (χ3n) is 3.06. The van der Waals surface area contributed by atoms with Gasteiger partial charge in [-0.05, 0) is 18.6 Å². The molecule has 0 spiro atoms. The fourth-order valence-electron chi connectivity index (χ4n) is 1.94. The van der Waals surface area contributed by atoms with Crippen LogP contribution in [0.5, 0.6) is 11.5 Å². The molecule has 1 aliphatic heterocycles. The Morgan fingerprint density at radius 2 is 2.05 bits per heavy atom. The Balaban J connectivity index is 2.00. The van der Waals surface area contributed by atoms with Gasteiger partial charge in [-0.2, -0.15) is 0 Å². The SMILES string of the molecule is CCCCNC(=NC)Nc1ccc2c(c1)OCCCO2. The Kier molecular flexibility index (Phi) is 5.53. The molecule has 0 aromatic heterocycles. The molecule has 0 unspecified atom stereocenters. The fourth-order valence-corrected chi connectivity index (χ4v) is 1.94. The molecule has 110 valence electrons. The lowest BCUT2D eigenvalue weighted by Crippen LogP contribution is -2.31. The summed E-state index contributed by atoms with van der Waals surface area (Å²) >= 11 is 0. The zero-order valence-corrected chi connectivity index (χ0v) is 12.2. The van der Waals surface area contributed by atoms with Crippen molar-refractivity contribution in [3.05, 3.63) is 18.2 Å². The highest BCUT2D eigenvalue weighted by atomic mass is 16.5. The van der Waals surface area contributed by atoms with Crippen LogP contribution in [0.15, 0.2) is 23.2 Å². The molecular formula is C15H23N3O2. The lowest BCUT2D eigenvalue weighted by atomic mass is 10.2. The van der Waals surface area contributed by atoms with Crippen LogP contribution in [0, 0.1) is 0 Å². The number of aliphatic imine (C=N–C) groups is 1. The van der Waals surface area contributed by atoms with E-state index in [1.807, 2.05) is 18.2 Å². The predicted molar refractivity (Wildman–Crippen MR) is 81.9 cm³/mol. The summed E-state index contributed by atoms with van der Waals surface area (Å²) in [4.78, 5) is 4.21. The van der Waals surface area contributed by atoms with Gasteiger partial charge in [0.25, 0.3) is 0 Å². The molecule has 0 radical (unpaired) electrons.